The molecule has 0 aliphatic heterocycles. The molecular weight excluding hydrogens is 272 g/mol. The second-order valence-corrected chi connectivity index (χ2v) is 6.33. The second kappa shape index (κ2) is 8.06. The molecule has 1 saturated carbocycles. The van der Waals surface area contributed by atoms with E-state index in [9.17, 15) is 0 Å². The Bertz CT molecular complexity index is 502. The lowest BCUT2D eigenvalue weighted by Gasteiger charge is -2.17. The second-order valence-electron chi connectivity index (χ2n) is 6.33. The first kappa shape index (κ1) is 16.7. The average molecular weight is 302 g/mol. The third-order valence-electron chi connectivity index (χ3n) is 4.29. The van der Waals surface area contributed by atoms with Crippen molar-refractivity contribution >= 4 is 11.6 Å². The van der Waals surface area contributed by atoms with Crippen LogP contribution in [0.3, 0.4) is 0 Å². The Morgan fingerprint density at radius 2 is 2.00 bits per heavy atom. The fraction of sp³-hybridized carbons (Fsp3) is 0.611. The molecule has 0 spiro atoms. The van der Waals surface area contributed by atoms with Crippen molar-refractivity contribution in [2.75, 3.05) is 25.5 Å². The van der Waals surface area contributed by atoms with Gasteiger partial charge in [0.05, 0.1) is 6.54 Å². The van der Waals surface area contributed by atoms with E-state index in [0.29, 0.717) is 6.04 Å². The molecule has 1 aliphatic rings. The topological polar surface area (TPSA) is 39.7 Å². The molecule has 4 nitrogen and oxygen atoms in total. The van der Waals surface area contributed by atoms with E-state index in [1.54, 1.807) is 0 Å². The normalized spacial score (nSPS) is 15.9. The van der Waals surface area contributed by atoms with Crippen LogP contribution in [0.5, 0.6) is 0 Å². The van der Waals surface area contributed by atoms with Crippen LogP contribution in [0.15, 0.2) is 23.2 Å². The predicted molar refractivity (Wildman–Crippen MR) is 95.7 cm³/mol. The zero-order valence-corrected chi connectivity index (χ0v) is 14.4. The molecule has 2 rings (SSSR count). The van der Waals surface area contributed by atoms with Gasteiger partial charge < -0.3 is 15.5 Å². The molecule has 4 heteroatoms. The summed E-state index contributed by atoms with van der Waals surface area (Å²) in [5, 5.41) is 6.93. The van der Waals surface area contributed by atoms with Crippen LogP contribution in [0.1, 0.15) is 43.7 Å². The molecule has 0 amide bonds. The number of hydrogen-bond donors (Lipinski definition) is 2. The molecule has 22 heavy (non-hydrogen) atoms. The first-order valence-corrected chi connectivity index (χ1v) is 8.42. The minimum atomic E-state index is 0.593. The van der Waals surface area contributed by atoms with Crippen molar-refractivity contribution in [3.05, 3.63) is 29.3 Å². The van der Waals surface area contributed by atoms with E-state index in [1.165, 1.54) is 42.5 Å². The summed E-state index contributed by atoms with van der Waals surface area (Å²) in [6.45, 7) is 5.90. The summed E-state index contributed by atoms with van der Waals surface area (Å²) in [4.78, 5) is 6.89. The van der Waals surface area contributed by atoms with Crippen LogP contribution in [0.25, 0.3) is 0 Å². The van der Waals surface area contributed by atoms with Gasteiger partial charge in [0.15, 0.2) is 5.96 Å². The zero-order chi connectivity index (χ0) is 15.9. The highest BCUT2D eigenvalue weighted by molar-refractivity contribution is 5.80. The lowest BCUT2D eigenvalue weighted by molar-refractivity contribution is 0.614. The summed E-state index contributed by atoms with van der Waals surface area (Å²) in [5.74, 6) is 0.950. The van der Waals surface area contributed by atoms with Gasteiger partial charge >= 0.3 is 0 Å². The molecule has 0 bridgehead atoms. The Morgan fingerprint density at radius 1 is 1.27 bits per heavy atom. The van der Waals surface area contributed by atoms with E-state index in [1.807, 2.05) is 0 Å². The SMILES string of the molecule is CCNC(=NCc1ccc(N(C)C)cc1C)NC1CCCC1. The van der Waals surface area contributed by atoms with Crippen LogP contribution < -0.4 is 15.5 Å². The van der Waals surface area contributed by atoms with Crippen molar-refractivity contribution in [1.29, 1.82) is 0 Å². The number of guanidine groups is 1. The van der Waals surface area contributed by atoms with E-state index in [2.05, 4.69) is 61.7 Å². The van der Waals surface area contributed by atoms with Crippen molar-refractivity contribution in [1.82, 2.24) is 10.6 Å². The van der Waals surface area contributed by atoms with Gasteiger partial charge in [-0.05, 0) is 49.9 Å². The third-order valence-corrected chi connectivity index (χ3v) is 4.29. The Balaban J connectivity index is 2.02. The summed E-state index contributed by atoms with van der Waals surface area (Å²) < 4.78 is 0. The van der Waals surface area contributed by atoms with Crippen LogP contribution in [-0.4, -0.2) is 32.6 Å². The summed E-state index contributed by atoms with van der Waals surface area (Å²) in [6.07, 6.45) is 5.20. The monoisotopic (exact) mass is 302 g/mol. The van der Waals surface area contributed by atoms with Crippen molar-refractivity contribution in [3.8, 4) is 0 Å². The van der Waals surface area contributed by atoms with E-state index in [0.717, 1.165) is 19.0 Å². The number of nitrogens with one attached hydrogen (secondary N) is 2. The average Bonchev–Trinajstić information content (AvgIpc) is 2.98. The summed E-state index contributed by atoms with van der Waals surface area (Å²) in [5.41, 5.74) is 3.82. The van der Waals surface area contributed by atoms with Crippen LogP contribution >= 0.6 is 0 Å². The maximum Gasteiger partial charge on any atom is 0.191 e. The van der Waals surface area contributed by atoms with Gasteiger partial charge in [-0.25, -0.2) is 4.99 Å². The predicted octanol–water partition coefficient (Wildman–Crippen LogP) is 3.06. The van der Waals surface area contributed by atoms with Gasteiger partial charge in [-0.15, -0.1) is 0 Å². The third kappa shape index (κ3) is 4.65. The number of aliphatic imine (C=N–C) groups is 1. The maximum absolute atomic E-state index is 4.76. The zero-order valence-electron chi connectivity index (χ0n) is 14.4. The lowest BCUT2D eigenvalue weighted by Crippen LogP contribution is -2.42. The Morgan fingerprint density at radius 3 is 2.59 bits per heavy atom. The van der Waals surface area contributed by atoms with Crippen LogP contribution in [-0.2, 0) is 6.54 Å². The van der Waals surface area contributed by atoms with Crippen LogP contribution in [0, 0.1) is 6.92 Å². The molecule has 122 valence electrons. The first-order chi connectivity index (χ1) is 10.6. The number of benzene rings is 1. The molecule has 1 aliphatic carbocycles. The van der Waals surface area contributed by atoms with Gasteiger partial charge in [0, 0.05) is 32.4 Å². The molecule has 0 radical (unpaired) electrons. The van der Waals surface area contributed by atoms with Crippen LogP contribution in [0.4, 0.5) is 5.69 Å². The van der Waals surface area contributed by atoms with Crippen molar-refractivity contribution in [2.45, 2.75) is 52.1 Å². The summed E-state index contributed by atoms with van der Waals surface area (Å²) >= 11 is 0. The molecule has 0 saturated heterocycles. The molecule has 1 aromatic carbocycles. The van der Waals surface area contributed by atoms with Crippen molar-refractivity contribution in [3.63, 3.8) is 0 Å². The fourth-order valence-electron chi connectivity index (χ4n) is 2.88. The smallest absolute Gasteiger partial charge is 0.191 e. The Labute approximate surface area is 135 Å². The molecule has 0 unspecified atom stereocenters. The van der Waals surface area contributed by atoms with Crippen LogP contribution in [0.2, 0.25) is 0 Å². The minimum Gasteiger partial charge on any atom is -0.378 e. The first-order valence-electron chi connectivity index (χ1n) is 8.42. The molecule has 0 atom stereocenters. The highest BCUT2D eigenvalue weighted by Gasteiger charge is 2.15. The molecule has 1 aromatic rings. The highest BCUT2D eigenvalue weighted by atomic mass is 15.2. The number of nitrogens with zero attached hydrogens (tertiary/aromatic N) is 2. The fourth-order valence-corrected chi connectivity index (χ4v) is 2.88. The number of rotatable bonds is 5. The van der Waals surface area contributed by atoms with E-state index >= 15 is 0 Å². The standard InChI is InChI=1S/C18H30N4/c1-5-19-18(21-16-8-6-7-9-16)20-13-15-10-11-17(22(3)4)12-14(15)2/h10-12,16H,5-9,13H2,1-4H3,(H2,19,20,21). The molecule has 0 heterocycles. The van der Waals surface area contributed by atoms with Gasteiger partial charge in [0.1, 0.15) is 0 Å². The summed E-state index contributed by atoms with van der Waals surface area (Å²) in [7, 11) is 4.14. The van der Waals surface area contributed by atoms with Gasteiger partial charge in [-0.3, -0.25) is 0 Å². The largest absolute Gasteiger partial charge is 0.378 e. The molecular formula is C18H30N4. The van der Waals surface area contributed by atoms with Crippen molar-refractivity contribution in [2.24, 2.45) is 4.99 Å². The van der Waals surface area contributed by atoms with Gasteiger partial charge in [-0.1, -0.05) is 18.9 Å². The Kier molecular flexibility index (Phi) is 6.10. The number of anilines is 1. The number of hydrogen-bond acceptors (Lipinski definition) is 2. The maximum atomic E-state index is 4.76. The minimum absolute atomic E-state index is 0.593. The molecule has 2 N–H and O–H groups in total. The van der Waals surface area contributed by atoms with E-state index in [-0.39, 0.29) is 0 Å². The van der Waals surface area contributed by atoms with Gasteiger partial charge in [0.25, 0.3) is 0 Å². The van der Waals surface area contributed by atoms with E-state index < -0.39 is 0 Å². The highest BCUT2D eigenvalue weighted by Crippen LogP contribution is 2.19. The van der Waals surface area contributed by atoms with Gasteiger partial charge in [0.2, 0.25) is 0 Å². The summed E-state index contributed by atoms with van der Waals surface area (Å²) in [6, 6.07) is 7.17. The molecule has 1 fully saturated rings. The lowest BCUT2D eigenvalue weighted by atomic mass is 10.1. The van der Waals surface area contributed by atoms with Gasteiger partial charge in [-0.2, -0.15) is 0 Å². The number of aryl methyl sites for hydroxylation is 1. The van der Waals surface area contributed by atoms with Crippen molar-refractivity contribution < 1.29 is 0 Å². The molecule has 0 aromatic heterocycles. The quantitative estimate of drug-likeness (QED) is 0.649. The Hall–Kier alpha value is -1.71. The van der Waals surface area contributed by atoms with E-state index in [4.69, 9.17) is 4.99 Å².